The molecule has 5 heteroatoms. The number of anilines is 1. The largest absolute Gasteiger partial charge is 0.378 e. The number of halogens is 1. The zero-order valence-electron chi connectivity index (χ0n) is 9.35. The average Bonchev–Trinajstić information content (AvgIpc) is 2.67. The van der Waals surface area contributed by atoms with E-state index in [1.165, 1.54) is 10.9 Å². The fourth-order valence-corrected chi connectivity index (χ4v) is 1.82. The molecule has 0 amide bonds. The maximum atomic E-state index is 11.9. The van der Waals surface area contributed by atoms with Gasteiger partial charge in [0.25, 0.3) is 0 Å². The van der Waals surface area contributed by atoms with Gasteiger partial charge in [0.1, 0.15) is 5.69 Å². The molecule has 0 aliphatic rings. The van der Waals surface area contributed by atoms with Crippen LogP contribution in [0.4, 0.5) is 5.69 Å². The number of carbonyl (C=O) groups excluding carboxylic acids is 1. The zero-order valence-corrected chi connectivity index (χ0v) is 10.1. The Labute approximate surface area is 104 Å². The molecule has 0 unspecified atom stereocenters. The van der Waals surface area contributed by atoms with Crippen LogP contribution in [-0.4, -0.2) is 22.1 Å². The van der Waals surface area contributed by atoms with Crippen LogP contribution in [0.15, 0.2) is 36.5 Å². The first kappa shape index (κ1) is 11.7. The third-order valence-corrected chi connectivity index (χ3v) is 2.66. The number of nitrogens with one attached hydrogen (secondary N) is 1. The van der Waals surface area contributed by atoms with Crippen molar-refractivity contribution in [3.8, 4) is 0 Å². The highest BCUT2D eigenvalue weighted by molar-refractivity contribution is 6.33. The van der Waals surface area contributed by atoms with E-state index in [4.69, 9.17) is 11.6 Å². The molecule has 0 bridgehead atoms. The number of benzene rings is 1. The van der Waals surface area contributed by atoms with E-state index < -0.39 is 0 Å². The summed E-state index contributed by atoms with van der Waals surface area (Å²) in [4.78, 5) is 11.9. The quantitative estimate of drug-likeness (QED) is 0.847. The molecule has 1 heterocycles. The fraction of sp³-hybridized carbons (Fsp3) is 0.167. The molecule has 17 heavy (non-hydrogen) atoms. The molecule has 88 valence electrons. The molecule has 0 spiro atoms. The molecule has 0 aliphatic carbocycles. The zero-order chi connectivity index (χ0) is 12.3. The summed E-state index contributed by atoms with van der Waals surface area (Å²) in [5.41, 5.74) is 1.33. The molecule has 0 fully saturated rings. The Balaban J connectivity index is 2.04. The van der Waals surface area contributed by atoms with Gasteiger partial charge in [0, 0.05) is 12.7 Å². The van der Waals surface area contributed by atoms with Crippen LogP contribution in [0.2, 0.25) is 5.02 Å². The number of nitrogens with zero attached hydrogens (tertiary/aromatic N) is 2. The van der Waals surface area contributed by atoms with E-state index in [2.05, 4.69) is 10.4 Å². The first-order valence-corrected chi connectivity index (χ1v) is 5.56. The minimum Gasteiger partial charge on any atom is -0.378 e. The highest BCUT2D eigenvalue weighted by Gasteiger charge is 2.14. The van der Waals surface area contributed by atoms with Crippen molar-refractivity contribution in [2.45, 2.75) is 0 Å². The van der Waals surface area contributed by atoms with Crippen LogP contribution >= 0.6 is 11.6 Å². The van der Waals surface area contributed by atoms with E-state index in [-0.39, 0.29) is 12.3 Å². The monoisotopic (exact) mass is 249 g/mol. The van der Waals surface area contributed by atoms with Crippen molar-refractivity contribution in [1.29, 1.82) is 0 Å². The lowest BCUT2D eigenvalue weighted by Crippen LogP contribution is -2.17. The summed E-state index contributed by atoms with van der Waals surface area (Å²) in [6.07, 6.45) is 1.47. The first-order chi connectivity index (χ1) is 8.18. The van der Waals surface area contributed by atoms with Crippen molar-refractivity contribution in [3.05, 3.63) is 47.2 Å². The third kappa shape index (κ3) is 2.65. The van der Waals surface area contributed by atoms with Crippen LogP contribution in [0, 0.1) is 0 Å². The lowest BCUT2D eigenvalue weighted by atomic mass is 10.2. The number of aryl methyl sites for hydroxylation is 1. The smallest absolute Gasteiger partial charge is 0.201 e. The SMILES string of the molecule is Cn1ncc(Cl)c1C(=O)CNc1ccccc1. The van der Waals surface area contributed by atoms with Crippen LogP contribution in [-0.2, 0) is 7.05 Å². The van der Waals surface area contributed by atoms with E-state index in [0.717, 1.165) is 5.69 Å². The summed E-state index contributed by atoms with van der Waals surface area (Å²) >= 11 is 5.89. The maximum Gasteiger partial charge on any atom is 0.201 e. The van der Waals surface area contributed by atoms with E-state index in [0.29, 0.717) is 10.7 Å². The molecule has 1 N–H and O–H groups in total. The number of rotatable bonds is 4. The summed E-state index contributed by atoms with van der Waals surface area (Å²) in [5, 5.41) is 7.35. The number of Topliss-reactive ketones (excluding diaryl/α,β-unsaturated/α-hetero) is 1. The minimum atomic E-state index is -0.0844. The third-order valence-electron chi connectivity index (χ3n) is 2.39. The fourth-order valence-electron chi connectivity index (χ4n) is 1.55. The van der Waals surface area contributed by atoms with E-state index in [1.54, 1.807) is 7.05 Å². The number of hydrogen-bond donors (Lipinski definition) is 1. The van der Waals surface area contributed by atoms with Gasteiger partial charge in [-0.05, 0) is 12.1 Å². The molecule has 2 rings (SSSR count). The Bertz CT molecular complexity index is 502. The summed E-state index contributed by atoms with van der Waals surface area (Å²) in [5.74, 6) is -0.0844. The lowest BCUT2D eigenvalue weighted by molar-refractivity contribution is 0.0997. The number of aromatic nitrogens is 2. The van der Waals surface area contributed by atoms with Gasteiger partial charge in [-0.15, -0.1) is 0 Å². The van der Waals surface area contributed by atoms with Gasteiger partial charge in [-0.1, -0.05) is 29.8 Å². The average molecular weight is 250 g/mol. The lowest BCUT2D eigenvalue weighted by Gasteiger charge is -2.05. The molecular formula is C12H12ClN3O. The Morgan fingerprint density at radius 3 is 2.71 bits per heavy atom. The van der Waals surface area contributed by atoms with Crippen LogP contribution < -0.4 is 5.32 Å². The van der Waals surface area contributed by atoms with Crippen molar-refractivity contribution < 1.29 is 4.79 Å². The Hall–Kier alpha value is -1.81. The molecular weight excluding hydrogens is 238 g/mol. The molecule has 4 nitrogen and oxygen atoms in total. The van der Waals surface area contributed by atoms with Crippen molar-refractivity contribution in [2.75, 3.05) is 11.9 Å². The molecule has 0 atom stereocenters. The van der Waals surface area contributed by atoms with Crippen LogP contribution in [0.25, 0.3) is 0 Å². The van der Waals surface area contributed by atoms with Gasteiger partial charge >= 0.3 is 0 Å². The molecule has 0 saturated heterocycles. The van der Waals surface area contributed by atoms with Gasteiger partial charge in [0.05, 0.1) is 17.8 Å². The molecule has 0 aliphatic heterocycles. The van der Waals surface area contributed by atoms with Gasteiger partial charge in [-0.3, -0.25) is 9.48 Å². The summed E-state index contributed by atoms with van der Waals surface area (Å²) in [6, 6.07) is 9.54. The minimum absolute atomic E-state index is 0.0844. The molecule has 1 aromatic carbocycles. The molecule has 2 aromatic rings. The Morgan fingerprint density at radius 1 is 1.41 bits per heavy atom. The number of para-hydroxylation sites is 1. The number of carbonyl (C=O) groups is 1. The second-order valence-corrected chi connectivity index (χ2v) is 4.01. The predicted octanol–water partition coefficient (Wildman–Crippen LogP) is 2.37. The van der Waals surface area contributed by atoms with Crippen molar-refractivity contribution in [3.63, 3.8) is 0 Å². The highest BCUT2D eigenvalue weighted by atomic mass is 35.5. The van der Waals surface area contributed by atoms with Gasteiger partial charge in [0.2, 0.25) is 5.78 Å². The first-order valence-electron chi connectivity index (χ1n) is 5.18. The van der Waals surface area contributed by atoms with Crippen LogP contribution in [0.1, 0.15) is 10.5 Å². The van der Waals surface area contributed by atoms with Gasteiger partial charge in [-0.25, -0.2) is 0 Å². The van der Waals surface area contributed by atoms with Crippen LogP contribution in [0.3, 0.4) is 0 Å². The maximum absolute atomic E-state index is 11.9. The Kier molecular flexibility index (Phi) is 3.44. The summed E-state index contributed by atoms with van der Waals surface area (Å²) < 4.78 is 1.48. The molecule has 0 saturated carbocycles. The van der Waals surface area contributed by atoms with Gasteiger partial charge in [0.15, 0.2) is 0 Å². The second kappa shape index (κ2) is 5.01. The van der Waals surface area contributed by atoms with E-state index in [1.807, 2.05) is 30.3 Å². The normalized spacial score (nSPS) is 10.2. The van der Waals surface area contributed by atoms with Crippen molar-refractivity contribution >= 4 is 23.1 Å². The number of hydrogen-bond acceptors (Lipinski definition) is 3. The number of ketones is 1. The topological polar surface area (TPSA) is 46.9 Å². The van der Waals surface area contributed by atoms with Crippen molar-refractivity contribution in [1.82, 2.24) is 9.78 Å². The predicted molar refractivity (Wildman–Crippen MR) is 67.5 cm³/mol. The summed E-state index contributed by atoms with van der Waals surface area (Å²) in [6.45, 7) is 0.198. The van der Waals surface area contributed by atoms with E-state index >= 15 is 0 Å². The van der Waals surface area contributed by atoms with Gasteiger partial charge in [-0.2, -0.15) is 5.10 Å². The Morgan fingerprint density at radius 2 is 2.12 bits per heavy atom. The van der Waals surface area contributed by atoms with Crippen molar-refractivity contribution in [2.24, 2.45) is 7.05 Å². The molecule has 0 radical (unpaired) electrons. The standard InChI is InChI=1S/C12H12ClN3O/c1-16-12(10(13)7-15-16)11(17)8-14-9-5-3-2-4-6-9/h2-7,14H,8H2,1H3. The summed E-state index contributed by atoms with van der Waals surface area (Å²) in [7, 11) is 1.70. The van der Waals surface area contributed by atoms with Gasteiger partial charge < -0.3 is 5.32 Å². The van der Waals surface area contributed by atoms with E-state index in [9.17, 15) is 4.79 Å². The highest BCUT2D eigenvalue weighted by Crippen LogP contribution is 2.15. The molecule has 1 aromatic heterocycles. The second-order valence-electron chi connectivity index (χ2n) is 3.61. The van der Waals surface area contributed by atoms with Crippen LogP contribution in [0.5, 0.6) is 0 Å².